The van der Waals surface area contributed by atoms with Gasteiger partial charge in [-0.1, -0.05) is 25.5 Å². The quantitative estimate of drug-likeness (QED) is 0.828. The molecule has 5 nitrogen and oxygen atoms in total. The Labute approximate surface area is 106 Å². The van der Waals surface area contributed by atoms with E-state index in [4.69, 9.17) is 0 Å². The summed E-state index contributed by atoms with van der Waals surface area (Å²) in [7, 11) is 0. The van der Waals surface area contributed by atoms with Crippen LogP contribution in [0.15, 0.2) is 24.3 Å². The number of aromatic hydroxyl groups is 1. The Bertz CT molecular complexity index is 473. The molecule has 1 fully saturated rings. The Balaban J connectivity index is 2.20. The van der Waals surface area contributed by atoms with Crippen LogP contribution in [0.4, 0.5) is 10.5 Å². The van der Waals surface area contributed by atoms with Crippen molar-refractivity contribution in [2.45, 2.75) is 19.8 Å². The lowest BCUT2D eigenvalue weighted by Crippen LogP contribution is -2.33. The van der Waals surface area contributed by atoms with E-state index in [1.165, 1.54) is 15.9 Å². The number of carbonyl (C=O) groups is 2. The van der Waals surface area contributed by atoms with E-state index in [9.17, 15) is 14.7 Å². The molecule has 0 spiro atoms. The lowest BCUT2D eigenvalue weighted by Gasteiger charge is -2.17. The molecule has 1 aromatic rings. The van der Waals surface area contributed by atoms with Crippen molar-refractivity contribution in [3.8, 4) is 5.75 Å². The highest BCUT2D eigenvalue weighted by Gasteiger charge is 2.37. The number of carbonyl (C=O) groups excluding carboxylic acids is 2. The third-order valence-electron chi connectivity index (χ3n) is 2.96. The van der Waals surface area contributed by atoms with Gasteiger partial charge in [0.25, 0.3) is 5.91 Å². The summed E-state index contributed by atoms with van der Waals surface area (Å²) in [5, 5.41) is 9.71. The summed E-state index contributed by atoms with van der Waals surface area (Å²) in [6.07, 6.45) is 1.72. The monoisotopic (exact) mass is 248 g/mol. The Kier molecular flexibility index (Phi) is 3.50. The molecule has 0 radical (unpaired) electrons. The number of nitrogens with zero attached hydrogens (tertiary/aromatic N) is 2. The van der Waals surface area contributed by atoms with E-state index in [1.807, 2.05) is 6.92 Å². The van der Waals surface area contributed by atoms with Crippen molar-refractivity contribution < 1.29 is 14.7 Å². The van der Waals surface area contributed by atoms with Gasteiger partial charge in [-0.25, -0.2) is 4.79 Å². The third kappa shape index (κ3) is 2.16. The van der Waals surface area contributed by atoms with Crippen LogP contribution in [0.25, 0.3) is 0 Å². The fourth-order valence-corrected chi connectivity index (χ4v) is 1.96. The minimum atomic E-state index is -0.352. The molecule has 0 bridgehead atoms. The van der Waals surface area contributed by atoms with Crippen LogP contribution >= 0.6 is 0 Å². The van der Waals surface area contributed by atoms with Gasteiger partial charge in [0, 0.05) is 6.54 Å². The van der Waals surface area contributed by atoms with Crippen molar-refractivity contribution in [1.82, 2.24) is 4.90 Å². The summed E-state index contributed by atoms with van der Waals surface area (Å²) in [5.74, 6) is -0.201. The minimum absolute atomic E-state index is 0.000120. The minimum Gasteiger partial charge on any atom is -0.506 e. The lowest BCUT2D eigenvalue weighted by molar-refractivity contribution is -0.124. The molecule has 0 aliphatic carbocycles. The van der Waals surface area contributed by atoms with Crippen LogP contribution in [-0.4, -0.2) is 35.0 Å². The van der Waals surface area contributed by atoms with Crippen molar-refractivity contribution in [3.63, 3.8) is 0 Å². The summed E-state index contributed by atoms with van der Waals surface area (Å²) in [6, 6.07) is 6.18. The van der Waals surface area contributed by atoms with Gasteiger partial charge in [-0.05, 0) is 18.6 Å². The highest BCUT2D eigenvalue weighted by atomic mass is 16.3. The van der Waals surface area contributed by atoms with Crippen molar-refractivity contribution >= 4 is 17.6 Å². The third-order valence-corrected chi connectivity index (χ3v) is 2.96. The molecular weight excluding hydrogens is 232 g/mol. The van der Waals surface area contributed by atoms with E-state index < -0.39 is 0 Å². The summed E-state index contributed by atoms with van der Waals surface area (Å²) >= 11 is 0. The molecule has 1 heterocycles. The zero-order chi connectivity index (χ0) is 13.1. The van der Waals surface area contributed by atoms with E-state index in [1.54, 1.807) is 18.2 Å². The number of hydrogen-bond donors (Lipinski definition) is 1. The summed E-state index contributed by atoms with van der Waals surface area (Å²) in [5.41, 5.74) is 0.384. The van der Waals surface area contributed by atoms with Crippen molar-refractivity contribution in [1.29, 1.82) is 0 Å². The second-order valence-corrected chi connectivity index (χ2v) is 4.26. The van der Waals surface area contributed by atoms with Crippen LogP contribution in [0.5, 0.6) is 5.75 Å². The average molecular weight is 248 g/mol. The number of imide groups is 1. The average Bonchev–Trinajstić information content (AvgIpc) is 2.63. The second kappa shape index (κ2) is 5.08. The maximum absolute atomic E-state index is 12.1. The molecule has 1 aliphatic heterocycles. The van der Waals surface area contributed by atoms with Gasteiger partial charge in [0.1, 0.15) is 12.3 Å². The molecule has 0 unspecified atom stereocenters. The van der Waals surface area contributed by atoms with Gasteiger partial charge >= 0.3 is 6.03 Å². The van der Waals surface area contributed by atoms with Gasteiger partial charge in [-0.2, -0.15) is 0 Å². The van der Waals surface area contributed by atoms with E-state index >= 15 is 0 Å². The van der Waals surface area contributed by atoms with Crippen LogP contribution in [0.1, 0.15) is 19.8 Å². The van der Waals surface area contributed by atoms with Crippen molar-refractivity contribution in [2.24, 2.45) is 0 Å². The van der Waals surface area contributed by atoms with Crippen LogP contribution < -0.4 is 4.90 Å². The van der Waals surface area contributed by atoms with Crippen molar-refractivity contribution in [2.75, 3.05) is 18.0 Å². The largest absolute Gasteiger partial charge is 0.506 e. The number of hydrogen-bond acceptors (Lipinski definition) is 3. The zero-order valence-electron chi connectivity index (χ0n) is 10.3. The number of anilines is 1. The molecule has 1 aliphatic rings. The molecule has 0 saturated carbocycles. The van der Waals surface area contributed by atoms with Gasteiger partial charge in [-0.3, -0.25) is 14.6 Å². The Morgan fingerprint density at radius 2 is 2.00 bits per heavy atom. The molecule has 96 valence electrons. The first-order valence-corrected chi connectivity index (χ1v) is 6.05. The molecule has 0 atom stereocenters. The molecule has 18 heavy (non-hydrogen) atoms. The van der Waals surface area contributed by atoms with E-state index in [0.717, 1.165) is 12.8 Å². The van der Waals surface area contributed by atoms with Crippen molar-refractivity contribution in [3.05, 3.63) is 24.3 Å². The Hall–Kier alpha value is -2.04. The maximum Gasteiger partial charge on any atom is 0.331 e. The number of phenolic OH excluding ortho intramolecular Hbond substituents is 1. The van der Waals surface area contributed by atoms with E-state index in [2.05, 4.69) is 0 Å². The molecule has 1 N–H and O–H groups in total. The predicted octanol–water partition coefficient (Wildman–Crippen LogP) is 1.96. The number of unbranched alkanes of at least 4 members (excludes halogenated alkanes) is 1. The Morgan fingerprint density at radius 1 is 1.28 bits per heavy atom. The number of para-hydroxylation sites is 2. The standard InChI is InChI=1S/C13H16N2O3/c1-2-3-8-14-12(17)9-15(13(14)18)10-6-4-5-7-11(10)16/h4-7,16H,2-3,8-9H2,1H3. The molecule has 2 rings (SSSR count). The van der Waals surface area contributed by atoms with E-state index in [-0.39, 0.29) is 24.2 Å². The normalized spacial score (nSPS) is 15.6. The fraction of sp³-hybridized carbons (Fsp3) is 0.385. The van der Waals surface area contributed by atoms with Gasteiger partial charge < -0.3 is 5.11 Å². The maximum atomic E-state index is 12.1. The first kappa shape index (κ1) is 12.4. The number of urea groups is 1. The smallest absolute Gasteiger partial charge is 0.331 e. The number of benzene rings is 1. The summed E-state index contributed by atoms with van der Waals surface area (Å²) in [4.78, 5) is 26.4. The summed E-state index contributed by atoms with van der Waals surface area (Å²) in [6.45, 7) is 2.45. The molecular formula is C13H16N2O3. The topological polar surface area (TPSA) is 60.9 Å². The SMILES string of the molecule is CCCCN1C(=O)CN(c2ccccc2O)C1=O. The summed E-state index contributed by atoms with van der Waals surface area (Å²) < 4.78 is 0. The van der Waals surface area contributed by atoms with Crippen LogP contribution in [0.3, 0.4) is 0 Å². The Morgan fingerprint density at radius 3 is 2.67 bits per heavy atom. The predicted molar refractivity (Wildman–Crippen MR) is 67.5 cm³/mol. The first-order chi connectivity index (χ1) is 8.65. The second-order valence-electron chi connectivity index (χ2n) is 4.26. The van der Waals surface area contributed by atoms with Gasteiger partial charge in [0.05, 0.1) is 5.69 Å². The van der Waals surface area contributed by atoms with Gasteiger partial charge in [0.15, 0.2) is 0 Å². The van der Waals surface area contributed by atoms with Crippen LogP contribution in [0, 0.1) is 0 Å². The van der Waals surface area contributed by atoms with E-state index in [0.29, 0.717) is 12.2 Å². The van der Waals surface area contributed by atoms with Gasteiger partial charge in [-0.15, -0.1) is 0 Å². The number of phenols is 1. The van der Waals surface area contributed by atoms with Crippen LogP contribution in [-0.2, 0) is 4.79 Å². The lowest BCUT2D eigenvalue weighted by atomic mass is 10.3. The fourth-order valence-electron chi connectivity index (χ4n) is 1.96. The number of amides is 3. The molecule has 5 heteroatoms. The molecule has 3 amide bonds. The first-order valence-electron chi connectivity index (χ1n) is 6.05. The highest BCUT2D eigenvalue weighted by molar-refractivity contribution is 6.12. The van der Waals surface area contributed by atoms with Gasteiger partial charge in [0.2, 0.25) is 0 Å². The molecule has 0 aromatic heterocycles. The zero-order valence-corrected chi connectivity index (χ0v) is 10.3. The molecule has 1 saturated heterocycles. The van der Waals surface area contributed by atoms with Crippen LogP contribution in [0.2, 0.25) is 0 Å². The highest BCUT2D eigenvalue weighted by Crippen LogP contribution is 2.29. The number of rotatable bonds is 4. The molecule has 1 aromatic carbocycles.